The number of hydrogen-bond acceptors (Lipinski definition) is 2. The van der Waals surface area contributed by atoms with Gasteiger partial charge in [-0.1, -0.05) is 48.0 Å². The Morgan fingerprint density at radius 3 is 2.65 bits per heavy atom. The van der Waals surface area contributed by atoms with Crippen LogP contribution in [0.4, 0.5) is 0 Å². The fraction of sp³-hybridized carbons (Fsp3) is 0.381. The molecule has 136 valence electrons. The fourth-order valence-corrected chi connectivity index (χ4v) is 4.05. The molecule has 5 heteroatoms. The molecule has 4 rings (SSSR count). The first kappa shape index (κ1) is 17.4. The molecule has 0 spiro atoms. The zero-order chi connectivity index (χ0) is 17.9. The Kier molecular flexibility index (Phi) is 5.14. The van der Waals surface area contributed by atoms with E-state index in [9.17, 15) is 0 Å². The Morgan fingerprint density at radius 1 is 1.15 bits per heavy atom. The third-order valence-electron chi connectivity index (χ3n) is 5.27. The number of benzene rings is 2. The van der Waals surface area contributed by atoms with Gasteiger partial charge in [-0.25, -0.2) is 0 Å². The minimum Gasteiger partial charge on any atom is -0.373 e. The van der Waals surface area contributed by atoms with E-state index in [-0.39, 0.29) is 0 Å². The van der Waals surface area contributed by atoms with Crippen molar-refractivity contribution in [1.29, 1.82) is 0 Å². The van der Waals surface area contributed by atoms with Crippen molar-refractivity contribution in [2.24, 2.45) is 4.99 Å². The molecule has 2 N–H and O–H groups in total. The molecule has 26 heavy (non-hydrogen) atoms. The van der Waals surface area contributed by atoms with Gasteiger partial charge in [0.15, 0.2) is 5.96 Å². The van der Waals surface area contributed by atoms with E-state index in [0.29, 0.717) is 24.8 Å². The van der Waals surface area contributed by atoms with Crippen molar-refractivity contribution in [3.63, 3.8) is 0 Å². The Morgan fingerprint density at radius 2 is 1.96 bits per heavy atom. The maximum absolute atomic E-state index is 6.02. The number of nitrogens with one attached hydrogen (secondary N) is 2. The number of ether oxygens (including phenoxy) is 1. The lowest BCUT2D eigenvalue weighted by Gasteiger charge is -2.23. The number of hydrogen-bond donors (Lipinski definition) is 2. The molecule has 2 aromatic rings. The molecule has 3 unspecified atom stereocenters. The Hall–Kier alpha value is -2.04. The topological polar surface area (TPSA) is 45.7 Å². The van der Waals surface area contributed by atoms with E-state index in [0.717, 1.165) is 29.4 Å². The Bertz CT molecular complexity index is 790. The third kappa shape index (κ3) is 3.71. The van der Waals surface area contributed by atoms with Crippen LogP contribution in [-0.4, -0.2) is 31.3 Å². The first-order valence-corrected chi connectivity index (χ1v) is 9.57. The van der Waals surface area contributed by atoms with E-state index in [1.165, 1.54) is 17.5 Å². The highest BCUT2D eigenvalue weighted by Crippen LogP contribution is 2.34. The third-order valence-corrected chi connectivity index (χ3v) is 5.52. The number of rotatable bonds is 4. The van der Waals surface area contributed by atoms with Crippen LogP contribution in [0, 0.1) is 0 Å². The van der Waals surface area contributed by atoms with Gasteiger partial charge in [-0.3, -0.25) is 4.99 Å². The summed E-state index contributed by atoms with van der Waals surface area (Å²) in [5, 5.41) is 7.73. The van der Waals surface area contributed by atoms with Crippen LogP contribution in [0.25, 0.3) is 11.1 Å². The van der Waals surface area contributed by atoms with Crippen LogP contribution in [0.3, 0.4) is 0 Å². The minimum absolute atomic E-state index is 0.333. The van der Waals surface area contributed by atoms with Gasteiger partial charge in [0, 0.05) is 18.6 Å². The fourth-order valence-electron chi connectivity index (χ4n) is 3.92. The quantitative estimate of drug-likeness (QED) is 0.632. The molecular formula is C21H24ClN3O. The van der Waals surface area contributed by atoms with Gasteiger partial charge in [0.05, 0.1) is 18.2 Å². The second-order valence-electron chi connectivity index (χ2n) is 6.95. The molecular weight excluding hydrogens is 346 g/mol. The van der Waals surface area contributed by atoms with E-state index < -0.39 is 0 Å². The monoisotopic (exact) mass is 369 g/mol. The summed E-state index contributed by atoms with van der Waals surface area (Å²) in [5.41, 5.74) is 3.59. The molecule has 0 radical (unpaired) electrons. The van der Waals surface area contributed by atoms with Crippen molar-refractivity contribution < 1.29 is 4.74 Å². The van der Waals surface area contributed by atoms with Crippen LogP contribution in [0.2, 0.25) is 5.02 Å². The number of nitrogens with zero attached hydrogens (tertiary/aromatic N) is 1. The van der Waals surface area contributed by atoms with Crippen LogP contribution in [0.15, 0.2) is 53.5 Å². The summed E-state index contributed by atoms with van der Waals surface area (Å²) in [6, 6.07) is 16.7. The van der Waals surface area contributed by atoms with Crippen molar-refractivity contribution >= 4 is 17.6 Å². The molecule has 2 bridgehead atoms. The standard InChI is InChI=1S/C21H24ClN3O/c1-23-21(25-19-12-17-10-11-20(19)26-17)24-13-15-4-2-3-5-18(15)14-6-8-16(22)9-7-14/h2-9,17,19-20H,10-13H2,1H3,(H2,23,24,25). The molecule has 0 aromatic heterocycles. The summed E-state index contributed by atoms with van der Waals surface area (Å²) in [6.45, 7) is 0.708. The number of aliphatic imine (C=N–C) groups is 1. The van der Waals surface area contributed by atoms with Gasteiger partial charge >= 0.3 is 0 Å². The van der Waals surface area contributed by atoms with Crippen molar-refractivity contribution in [2.75, 3.05) is 7.05 Å². The van der Waals surface area contributed by atoms with E-state index in [2.05, 4.69) is 52.0 Å². The smallest absolute Gasteiger partial charge is 0.191 e. The van der Waals surface area contributed by atoms with Gasteiger partial charge in [-0.05, 0) is 48.1 Å². The minimum atomic E-state index is 0.333. The Labute approximate surface area is 159 Å². The molecule has 2 fully saturated rings. The van der Waals surface area contributed by atoms with Gasteiger partial charge in [-0.2, -0.15) is 0 Å². The molecule has 2 heterocycles. The first-order chi connectivity index (χ1) is 12.7. The molecule has 4 nitrogen and oxygen atoms in total. The van der Waals surface area contributed by atoms with Crippen LogP contribution < -0.4 is 10.6 Å². The Balaban J connectivity index is 1.43. The maximum Gasteiger partial charge on any atom is 0.191 e. The summed E-state index contributed by atoms with van der Waals surface area (Å²) in [7, 11) is 1.81. The normalized spacial score (nSPS) is 24.7. The summed E-state index contributed by atoms with van der Waals surface area (Å²) in [5.74, 6) is 0.831. The predicted molar refractivity (Wildman–Crippen MR) is 107 cm³/mol. The van der Waals surface area contributed by atoms with E-state index >= 15 is 0 Å². The average Bonchev–Trinajstić information content (AvgIpc) is 3.29. The van der Waals surface area contributed by atoms with Gasteiger partial charge in [-0.15, -0.1) is 0 Å². The summed E-state index contributed by atoms with van der Waals surface area (Å²) in [4.78, 5) is 4.39. The molecule has 2 aliphatic heterocycles. The predicted octanol–water partition coefficient (Wildman–Crippen LogP) is 3.99. The van der Waals surface area contributed by atoms with Crippen molar-refractivity contribution in [1.82, 2.24) is 10.6 Å². The SMILES string of the molecule is CN=C(NCc1ccccc1-c1ccc(Cl)cc1)NC1CC2CCC1O2. The van der Waals surface area contributed by atoms with E-state index in [1.807, 2.05) is 19.2 Å². The van der Waals surface area contributed by atoms with Gasteiger partial charge in [0.2, 0.25) is 0 Å². The molecule has 2 saturated heterocycles. The second kappa shape index (κ2) is 7.68. The molecule has 2 aromatic carbocycles. The van der Waals surface area contributed by atoms with Gasteiger partial charge < -0.3 is 15.4 Å². The number of halogens is 1. The van der Waals surface area contributed by atoms with Crippen molar-refractivity contribution in [3.8, 4) is 11.1 Å². The molecule has 0 aliphatic carbocycles. The maximum atomic E-state index is 6.02. The molecule has 3 atom stereocenters. The van der Waals surface area contributed by atoms with Crippen molar-refractivity contribution in [3.05, 3.63) is 59.1 Å². The van der Waals surface area contributed by atoms with Crippen LogP contribution in [0.1, 0.15) is 24.8 Å². The van der Waals surface area contributed by atoms with Crippen molar-refractivity contribution in [2.45, 2.75) is 44.1 Å². The lowest BCUT2D eigenvalue weighted by molar-refractivity contribution is 0.0992. The van der Waals surface area contributed by atoms with Crippen LogP contribution in [0.5, 0.6) is 0 Å². The van der Waals surface area contributed by atoms with E-state index in [1.54, 1.807) is 0 Å². The average molecular weight is 370 g/mol. The summed E-state index contributed by atoms with van der Waals surface area (Å²) in [6.07, 6.45) is 4.19. The molecule has 2 aliphatic rings. The first-order valence-electron chi connectivity index (χ1n) is 9.19. The van der Waals surface area contributed by atoms with Crippen LogP contribution in [-0.2, 0) is 11.3 Å². The zero-order valence-corrected chi connectivity index (χ0v) is 15.7. The lowest BCUT2D eigenvalue weighted by Crippen LogP contribution is -2.47. The highest BCUT2D eigenvalue weighted by molar-refractivity contribution is 6.30. The second-order valence-corrected chi connectivity index (χ2v) is 7.39. The largest absolute Gasteiger partial charge is 0.373 e. The summed E-state index contributed by atoms with van der Waals surface area (Å²) < 4.78 is 5.92. The lowest BCUT2D eigenvalue weighted by atomic mass is 9.96. The highest BCUT2D eigenvalue weighted by Gasteiger charge is 2.41. The molecule has 0 saturated carbocycles. The number of guanidine groups is 1. The van der Waals surface area contributed by atoms with Gasteiger partial charge in [0.1, 0.15) is 0 Å². The zero-order valence-electron chi connectivity index (χ0n) is 14.9. The van der Waals surface area contributed by atoms with Gasteiger partial charge in [0.25, 0.3) is 0 Å². The summed E-state index contributed by atoms with van der Waals surface area (Å²) >= 11 is 6.02. The van der Waals surface area contributed by atoms with E-state index in [4.69, 9.17) is 16.3 Å². The van der Waals surface area contributed by atoms with Crippen LogP contribution >= 0.6 is 11.6 Å². The molecule has 0 amide bonds. The number of fused-ring (bicyclic) bond motifs is 2. The highest BCUT2D eigenvalue weighted by atomic mass is 35.5.